The molecule has 3 aromatic carbocycles. The molecule has 45 heavy (non-hydrogen) atoms. The fraction of sp³-hybridized carbons (Fsp3) is 0.206. The number of fused-ring (bicyclic) bond motifs is 2. The summed E-state index contributed by atoms with van der Waals surface area (Å²) in [5.41, 5.74) is 3.41. The molecule has 1 saturated heterocycles. The number of thiocarbonyl (C=S) groups is 1. The molecule has 0 amide bonds. The standard InChI is InChI=1S/C34H32N4O6S/c1-43-25-4-2-3-22(18-25)38-15-13-37(14-16-38)12-11-35-34(45)36-21-5-8-26(29(17-21)33(41)42)32-27-9-6-23(39)19-30(27)44-31-20-24(40)7-10-28(31)32/h2-10,17-20,39H,11-16H2,1H3,(H,41,42)(H2,35,36,45). The number of anilines is 2. The molecule has 0 radical (unpaired) electrons. The van der Waals surface area contributed by atoms with Gasteiger partial charge in [-0.1, -0.05) is 12.1 Å². The molecular weight excluding hydrogens is 592 g/mol. The number of hydrogen-bond acceptors (Lipinski definition) is 8. The highest BCUT2D eigenvalue weighted by Crippen LogP contribution is 2.42. The maximum Gasteiger partial charge on any atom is 0.336 e. The van der Waals surface area contributed by atoms with Crippen LogP contribution in [-0.4, -0.2) is 72.6 Å². The maximum atomic E-state index is 12.5. The van der Waals surface area contributed by atoms with E-state index in [1.54, 1.807) is 31.4 Å². The number of methoxy groups -OCH3 is 1. The van der Waals surface area contributed by atoms with Crippen molar-refractivity contribution >= 4 is 45.6 Å². The van der Waals surface area contributed by atoms with Gasteiger partial charge in [0.15, 0.2) is 10.5 Å². The highest BCUT2D eigenvalue weighted by atomic mass is 32.1. The van der Waals surface area contributed by atoms with Gasteiger partial charge < -0.3 is 34.9 Å². The Kier molecular flexibility index (Phi) is 8.54. The van der Waals surface area contributed by atoms with E-state index >= 15 is 0 Å². The predicted octanol–water partition coefficient (Wildman–Crippen LogP) is 5.09. The number of rotatable bonds is 8. The number of phenolic OH excluding ortho intramolecular Hbond substituents is 1. The molecule has 3 aromatic rings. The molecule has 230 valence electrons. The third-order valence-electron chi connectivity index (χ3n) is 7.96. The van der Waals surface area contributed by atoms with Gasteiger partial charge in [-0.15, -0.1) is 0 Å². The van der Waals surface area contributed by atoms with Gasteiger partial charge in [-0.05, 0) is 66.3 Å². The molecule has 2 aliphatic heterocycles. The zero-order valence-electron chi connectivity index (χ0n) is 24.6. The van der Waals surface area contributed by atoms with Crippen LogP contribution in [0.1, 0.15) is 10.4 Å². The van der Waals surface area contributed by atoms with Gasteiger partial charge in [0.1, 0.15) is 22.8 Å². The molecule has 3 aliphatic rings. The van der Waals surface area contributed by atoms with Crippen molar-refractivity contribution in [3.8, 4) is 33.9 Å². The topological polar surface area (TPSA) is 128 Å². The highest BCUT2D eigenvalue weighted by Gasteiger charge is 2.23. The van der Waals surface area contributed by atoms with Crippen LogP contribution in [0.2, 0.25) is 0 Å². The Morgan fingerprint density at radius 3 is 2.56 bits per heavy atom. The Morgan fingerprint density at radius 2 is 1.78 bits per heavy atom. The largest absolute Gasteiger partial charge is 0.508 e. The lowest BCUT2D eigenvalue weighted by atomic mass is 9.90. The van der Waals surface area contributed by atoms with E-state index in [9.17, 15) is 19.8 Å². The van der Waals surface area contributed by atoms with Crippen LogP contribution in [0.25, 0.3) is 33.4 Å². The Morgan fingerprint density at radius 1 is 0.978 bits per heavy atom. The van der Waals surface area contributed by atoms with Gasteiger partial charge in [-0.25, -0.2) is 4.79 Å². The summed E-state index contributed by atoms with van der Waals surface area (Å²) in [4.78, 5) is 29.3. The van der Waals surface area contributed by atoms with E-state index in [4.69, 9.17) is 21.4 Å². The summed E-state index contributed by atoms with van der Waals surface area (Å²) in [6, 6.07) is 22.1. The summed E-state index contributed by atoms with van der Waals surface area (Å²) in [7, 11) is 1.67. The number of nitrogens with one attached hydrogen (secondary N) is 2. The lowest BCUT2D eigenvalue weighted by Crippen LogP contribution is -2.48. The third kappa shape index (κ3) is 6.54. The van der Waals surface area contributed by atoms with Gasteiger partial charge >= 0.3 is 5.97 Å². The fourth-order valence-corrected chi connectivity index (χ4v) is 5.93. The number of carbonyl (C=O) groups is 1. The van der Waals surface area contributed by atoms with Crippen molar-refractivity contribution in [1.82, 2.24) is 10.2 Å². The number of nitrogens with zero attached hydrogens (tertiary/aromatic N) is 2. The minimum atomic E-state index is -1.12. The first-order valence-electron chi connectivity index (χ1n) is 14.5. The Labute approximate surface area is 264 Å². The lowest BCUT2D eigenvalue weighted by Gasteiger charge is -2.36. The van der Waals surface area contributed by atoms with Crippen LogP contribution >= 0.6 is 12.2 Å². The maximum absolute atomic E-state index is 12.5. The molecule has 11 heteroatoms. The number of aromatic carboxylic acids is 1. The summed E-state index contributed by atoms with van der Waals surface area (Å²) in [5.74, 6) is 0.0100. The number of ether oxygens (including phenoxy) is 1. The second-order valence-electron chi connectivity index (χ2n) is 10.8. The number of aromatic hydroxyl groups is 1. The minimum absolute atomic E-state index is 0.00988. The van der Waals surface area contributed by atoms with Crippen LogP contribution in [0.5, 0.6) is 11.5 Å². The summed E-state index contributed by atoms with van der Waals surface area (Å²) in [6.45, 7) is 5.13. The molecule has 2 heterocycles. The van der Waals surface area contributed by atoms with E-state index in [-0.39, 0.29) is 16.7 Å². The number of hydrogen-bond donors (Lipinski definition) is 4. The van der Waals surface area contributed by atoms with Gasteiger partial charge in [-0.3, -0.25) is 9.69 Å². The number of benzene rings is 4. The first kappa shape index (κ1) is 29.9. The van der Waals surface area contributed by atoms with Crippen LogP contribution in [-0.2, 0) is 0 Å². The second-order valence-corrected chi connectivity index (χ2v) is 11.2. The van der Waals surface area contributed by atoms with Crippen LogP contribution in [0, 0.1) is 0 Å². The molecule has 4 N–H and O–H groups in total. The van der Waals surface area contributed by atoms with Gasteiger partial charge in [0.25, 0.3) is 0 Å². The molecule has 1 fully saturated rings. The van der Waals surface area contributed by atoms with Crippen molar-refractivity contribution in [2.75, 3.05) is 56.6 Å². The van der Waals surface area contributed by atoms with Crippen molar-refractivity contribution < 1.29 is 24.2 Å². The fourth-order valence-electron chi connectivity index (χ4n) is 5.71. The highest BCUT2D eigenvalue weighted by molar-refractivity contribution is 7.80. The Balaban J connectivity index is 1.13. The van der Waals surface area contributed by atoms with Gasteiger partial charge in [0, 0.05) is 85.4 Å². The van der Waals surface area contributed by atoms with Crippen molar-refractivity contribution in [3.05, 3.63) is 94.6 Å². The van der Waals surface area contributed by atoms with Crippen molar-refractivity contribution in [2.24, 2.45) is 0 Å². The summed E-state index contributed by atoms with van der Waals surface area (Å²) in [5, 5.41) is 27.6. The Hall–Kier alpha value is -5.13. The average Bonchev–Trinajstić information content (AvgIpc) is 3.04. The summed E-state index contributed by atoms with van der Waals surface area (Å²) < 4.78 is 11.3. The molecule has 6 rings (SSSR count). The van der Waals surface area contributed by atoms with Crippen LogP contribution in [0.4, 0.5) is 11.4 Å². The molecular formula is C34H32N4O6S. The third-order valence-corrected chi connectivity index (χ3v) is 8.20. The number of phenols is 1. The number of carboxylic acids is 1. The van der Waals surface area contributed by atoms with Gasteiger partial charge in [0.2, 0.25) is 0 Å². The molecule has 10 nitrogen and oxygen atoms in total. The van der Waals surface area contributed by atoms with E-state index in [0.717, 1.165) is 44.2 Å². The minimum Gasteiger partial charge on any atom is -0.508 e. The summed E-state index contributed by atoms with van der Waals surface area (Å²) in [6.07, 6.45) is 0. The van der Waals surface area contributed by atoms with E-state index in [1.165, 1.54) is 30.3 Å². The molecule has 0 bridgehead atoms. The smallest absolute Gasteiger partial charge is 0.336 e. The van der Waals surface area contributed by atoms with Gasteiger partial charge in [0.05, 0.1) is 12.7 Å². The van der Waals surface area contributed by atoms with Crippen LogP contribution < -0.4 is 25.7 Å². The zero-order valence-corrected chi connectivity index (χ0v) is 25.4. The quantitative estimate of drug-likeness (QED) is 0.136. The predicted molar refractivity (Wildman–Crippen MR) is 179 cm³/mol. The molecule has 0 aromatic heterocycles. The molecule has 0 unspecified atom stereocenters. The van der Waals surface area contributed by atoms with Crippen molar-refractivity contribution in [1.29, 1.82) is 0 Å². The number of piperazine rings is 1. The molecule has 0 saturated carbocycles. The normalized spacial score (nSPS) is 13.6. The van der Waals surface area contributed by atoms with Crippen LogP contribution in [0.15, 0.2) is 88.1 Å². The summed E-state index contributed by atoms with van der Waals surface area (Å²) >= 11 is 5.52. The van der Waals surface area contributed by atoms with Gasteiger partial charge in [-0.2, -0.15) is 0 Å². The van der Waals surface area contributed by atoms with Crippen molar-refractivity contribution in [2.45, 2.75) is 0 Å². The monoisotopic (exact) mass is 624 g/mol. The number of carboxylic acid groups (broad SMARTS) is 1. The van der Waals surface area contributed by atoms with E-state index in [2.05, 4.69) is 32.6 Å². The average molecular weight is 625 g/mol. The van der Waals surface area contributed by atoms with E-state index in [0.29, 0.717) is 50.8 Å². The first-order valence-corrected chi connectivity index (χ1v) is 14.9. The van der Waals surface area contributed by atoms with Crippen LogP contribution in [0.3, 0.4) is 0 Å². The second kappa shape index (κ2) is 12.8. The molecule has 0 spiro atoms. The first-order chi connectivity index (χ1) is 21.8. The molecule has 1 aliphatic carbocycles. The van der Waals surface area contributed by atoms with E-state index < -0.39 is 5.97 Å². The van der Waals surface area contributed by atoms with Crippen molar-refractivity contribution in [3.63, 3.8) is 0 Å². The molecule has 0 atom stereocenters. The lowest BCUT2D eigenvalue weighted by molar-refractivity contribution is 0.0697. The Bertz CT molecular complexity index is 1920. The SMILES string of the molecule is COc1cccc(N2CCN(CCNC(=S)Nc3ccc(-c4c5ccc(=O)cc-5oc5cc(O)ccc45)c(C(=O)O)c3)CC2)c1. The van der Waals surface area contributed by atoms with E-state index in [1.807, 2.05) is 12.1 Å². The zero-order chi connectivity index (χ0) is 31.5.